The van der Waals surface area contributed by atoms with Crippen molar-refractivity contribution < 1.29 is 0 Å². The lowest BCUT2D eigenvalue weighted by molar-refractivity contribution is 0.836. The Labute approximate surface area is 134 Å². The highest BCUT2D eigenvalue weighted by atomic mass is 79.9. The van der Waals surface area contributed by atoms with E-state index in [1.807, 2.05) is 12.1 Å². The van der Waals surface area contributed by atoms with Crippen molar-refractivity contribution in [3.05, 3.63) is 40.1 Å². The molecule has 0 aliphatic carbocycles. The van der Waals surface area contributed by atoms with E-state index >= 15 is 0 Å². The van der Waals surface area contributed by atoms with Gasteiger partial charge in [-0.25, -0.2) is 9.97 Å². The average Bonchev–Trinajstić information content (AvgIpc) is 2.43. The van der Waals surface area contributed by atoms with Crippen molar-refractivity contribution in [1.29, 1.82) is 0 Å². The quantitative estimate of drug-likeness (QED) is 0.795. The van der Waals surface area contributed by atoms with Crippen LogP contribution in [0.25, 0.3) is 0 Å². The van der Waals surface area contributed by atoms with Crippen molar-refractivity contribution in [2.45, 2.75) is 33.6 Å². The van der Waals surface area contributed by atoms with E-state index in [0.29, 0.717) is 0 Å². The molecule has 0 fully saturated rings. The van der Waals surface area contributed by atoms with E-state index in [0.717, 1.165) is 47.0 Å². The Hall–Kier alpha value is -1.62. The summed E-state index contributed by atoms with van der Waals surface area (Å²) in [5.41, 5.74) is 2.23. The van der Waals surface area contributed by atoms with E-state index in [1.54, 1.807) is 0 Å². The van der Waals surface area contributed by atoms with Gasteiger partial charge in [-0.3, -0.25) is 0 Å². The average molecular weight is 349 g/mol. The summed E-state index contributed by atoms with van der Waals surface area (Å²) in [4.78, 5) is 9.12. The minimum absolute atomic E-state index is 0.825. The Balaban J connectivity index is 2.31. The monoisotopic (exact) mass is 348 g/mol. The molecular weight excluding hydrogens is 328 g/mol. The molecule has 1 aromatic heterocycles. The Bertz CT molecular complexity index is 589. The topological polar surface area (TPSA) is 49.8 Å². The number of halogens is 1. The summed E-state index contributed by atoms with van der Waals surface area (Å²) < 4.78 is 1.05. The number of aryl methyl sites for hydroxylation is 2. The second-order valence-corrected chi connectivity index (χ2v) is 5.83. The number of hydrogen-bond donors (Lipinski definition) is 2. The van der Waals surface area contributed by atoms with Crippen LogP contribution in [0.1, 0.15) is 31.7 Å². The molecule has 0 spiro atoms. The highest BCUT2D eigenvalue weighted by Gasteiger charge is 2.06. The number of hydrogen-bond acceptors (Lipinski definition) is 4. The zero-order valence-corrected chi connectivity index (χ0v) is 14.3. The van der Waals surface area contributed by atoms with Crippen LogP contribution in [0.15, 0.2) is 28.7 Å². The molecule has 112 valence electrons. The lowest BCUT2D eigenvalue weighted by atomic mass is 10.2. The Morgan fingerprint density at radius 1 is 1.10 bits per heavy atom. The molecule has 4 nitrogen and oxygen atoms in total. The Kier molecular flexibility index (Phi) is 5.56. The highest BCUT2D eigenvalue weighted by Crippen LogP contribution is 2.24. The number of nitrogens with one attached hydrogen (secondary N) is 2. The van der Waals surface area contributed by atoms with Gasteiger partial charge in [0.1, 0.15) is 17.5 Å². The maximum atomic E-state index is 4.59. The second-order valence-electron chi connectivity index (χ2n) is 4.92. The molecule has 2 aromatic rings. The number of anilines is 3. The smallest absolute Gasteiger partial charge is 0.136 e. The van der Waals surface area contributed by atoms with Crippen LogP contribution in [0.4, 0.5) is 17.3 Å². The summed E-state index contributed by atoms with van der Waals surface area (Å²) in [7, 11) is 0. The van der Waals surface area contributed by atoms with Crippen LogP contribution in [0.5, 0.6) is 0 Å². The van der Waals surface area contributed by atoms with Gasteiger partial charge in [0.15, 0.2) is 0 Å². The van der Waals surface area contributed by atoms with Gasteiger partial charge in [-0.15, -0.1) is 0 Å². The fraction of sp³-hybridized carbons (Fsp3) is 0.375. The van der Waals surface area contributed by atoms with Gasteiger partial charge in [-0.2, -0.15) is 0 Å². The van der Waals surface area contributed by atoms with E-state index in [1.165, 1.54) is 5.56 Å². The number of nitrogens with zero attached hydrogens (tertiary/aromatic N) is 2. The highest BCUT2D eigenvalue weighted by molar-refractivity contribution is 9.10. The summed E-state index contributed by atoms with van der Waals surface area (Å²) in [6.07, 6.45) is 1.91. The molecule has 0 radical (unpaired) electrons. The zero-order chi connectivity index (χ0) is 15.2. The molecule has 0 aliphatic heterocycles. The normalized spacial score (nSPS) is 10.5. The van der Waals surface area contributed by atoms with Gasteiger partial charge in [0, 0.05) is 29.2 Å². The summed E-state index contributed by atoms with van der Waals surface area (Å²) in [6, 6.07) is 8.12. The predicted octanol–water partition coefficient (Wildman–Crippen LogP) is 4.68. The zero-order valence-electron chi connectivity index (χ0n) is 12.7. The third-order valence-corrected chi connectivity index (χ3v) is 3.56. The molecule has 0 amide bonds. The summed E-state index contributed by atoms with van der Waals surface area (Å²) in [6.45, 7) is 7.12. The van der Waals surface area contributed by atoms with Gasteiger partial charge in [0.25, 0.3) is 0 Å². The van der Waals surface area contributed by atoms with Crippen LogP contribution in [-0.4, -0.2) is 16.5 Å². The molecule has 1 aromatic carbocycles. The second kappa shape index (κ2) is 7.41. The molecule has 0 unspecified atom stereocenters. The Morgan fingerprint density at radius 2 is 1.86 bits per heavy atom. The predicted molar refractivity (Wildman–Crippen MR) is 92.4 cm³/mol. The Morgan fingerprint density at radius 3 is 2.57 bits per heavy atom. The molecule has 0 aliphatic rings. The maximum absolute atomic E-state index is 4.59. The minimum atomic E-state index is 0.825. The van der Waals surface area contributed by atoms with Crippen molar-refractivity contribution >= 4 is 33.3 Å². The number of benzene rings is 1. The fourth-order valence-electron chi connectivity index (χ4n) is 2.04. The molecule has 2 N–H and O–H groups in total. The molecule has 21 heavy (non-hydrogen) atoms. The molecule has 1 heterocycles. The van der Waals surface area contributed by atoms with Crippen LogP contribution >= 0.6 is 15.9 Å². The first-order valence-electron chi connectivity index (χ1n) is 7.27. The molecule has 0 bridgehead atoms. The van der Waals surface area contributed by atoms with Crippen LogP contribution in [0.2, 0.25) is 0 Å². The van der Waals surface area contributed by atoms with E-state index in [9.17, 15) is 0 Å². The van der Waals surface area contributed by atoms with Crippen molar-refractivity contribution in [2.75, 3.05) is 17.2 Å². The number of aromatic nitrogens is 2. The largest absolute Gasteiger partial charge is 0.370 e. The summed E-state index contributed by atoms with van der Waals surface area (Å²) in [5, 5.41) is 6.65. The summed E-state index contributed by atoms with van der Waals surface area (Å²) >= 11 is 3.50. The molecule has 5 heteroatoms. The van der Waals surface area contributed by atoms with Crippen LogP contribution in [0, 0.1) is 6.92 Å². The van der Waals surface area contributed by atoms with Gasteiger partial charge in [-0.1, -0.05) is 28.9 Å². The first kappa shape index (κ1) is 15.8. The van der Waals surface area contributed by atoms with Crippen LogP contribution < -0.4 is 10.6 Å². The van der Waals surface area contributed by atoms with Gasteiger partial charge in [0.2, 0.25) is 0 Å². The van der Waals surface area contributed by atoms with Crippen molar-refractivity contribution in [1.82, 2.24) is 9.97 Å². The summed E-state index contributed by atoms with van der Waals surface area (Å²) in [5.74, 6) is 2.56. The van der Waals surface area contributed by atoms with E-state index in [-0.39, 0.29) is 0 Å². The first-order chi connectivity index (χ1) is 10.1. The third kappa shape index (κ3) is 4.43. The van der Waals surface area contributed by atoms with E-state index in [4.69, 9.17) is 0 Å². The first-order valence-corrected chi connectivity index (χ1v) is 8.06. The minimum Gasteiger partial charge on any atom is -0.370 e. The lowest BCUT2D eigenvalue weighted by Crippen LogP contribution is -2.06. The van der Waals surface area contributed by atoms with E-state index < -0.39 is 0 Å². The SMILES string of the molecule is CCCc1nc(NCC)cc(Nc2cc(Br)ccc2C)n1. The molecule has 0 atom stereocenters. The molecule has 2 rings (SSSR count). The van der Waals surface area contributed by atoms with Crippen molar-refractivity contribution in [3.63, 3.8) is 0 Å². The van der Waals surface area contributed by atoms with E-state index in [2.05, 4.69) is 69.4 Å². The van der Waals surface area contributed by atoms with Crippen LogP contribution in [0.3, 0.4) is 0 Å². The van der Waals surface area contributed by atoms with Crippen molar-refractivity contribution in [3.8, 4) is 0 Å². The molecule has 0 saturated carbocycles. The number of rotatable bonds is 6. The van der Waals surface area contributed by atoms with Gasteiger partial charge < -0.3 is 10.6 Å². The van der Waals surface area contributed by atoms with Gasteiger partial charge in [0.05, 0.1) is 0 Å². The van der Waals surface area contributed by atoms with Crippen molar-refractivity contribution in [2.24, 2.45) is 0 Å². The molecule has 0 saturated heterocycles. The standard InChI is InChI=1S/C16H21BrN4/c1-4-6-14-20-15(18-5-2)10-16(21-14)19-13-9-12(17)8-7-11(13)3/h7-10H,4-6H2,1-3H3,(H2,18,19,20,21). The van der Waals surface area contributed by atoms with Gasteiger partial charge in [-0.05, 0) is 38.0 Å². The fourth-order valence-corrected chi connectivity index (χ4v) is 2.40. The molecular formula is C16H21BrN4. The van der Waals surface area contributed by atoms with Gasteiger partial charge >= 0.3 is 0 Å². The third-order valence-electron chi connectivity index (χ3n) is 3.07. The lowest BCUT2D eigenvalue weighted by Gasteiger charge is -2.12. The maximum Gasteiger partial charge on any atom is 0.136 e. The van der Waals surface area contributed by atoms with Crippen LogP contribution in [-0.2, 0) is 6.42 Å².